The first-order valence-electron chi connectivity index (χ1n) is 6.66. The number of methoxy groups -OCH3 is 1. The van der Waals surface area contributed by atoms with Gasteiger partial charge in [0.15, 0.2) is 5.11 Å². The second-order valence-corrected chi connectivity index (χ2v) is 4.98. The van der Waals surface area contributed by atoms with E-state index in [0.717, 1.165) is 11.3 Å². The number of thiocarbonyl (C=S) groups is 1. The van der Waals surface area contributed by atoms with Crippen molar-refractivity contribution in [2.24, 2.45) is 0 Å². The molecule has 0 saturated heterocycles. The van der Waals surface area contributed by atoms with Crippen LogP contribution in [0.4, 0.5) is 0 Å². The molecule has 0 saturated carbocycles. The molecule has 0 aromatic heterocycles. The molecule has 0 spiro atoms. The lowest BCUT2D eigenvalue weighted by Gasteiger charge is -2.29. The molecule has 0 amide bonds. The molecule has 1 aromatic rings. The highest BCUT2D eigenvalue weighted by atomic mass is 32.1. The molecule has 21 heavy (non-hydrogen) atoms. The topological polar surface area (TPSA) is 59.6 Å². The van der Waals surface area contributed by atoms with Gasteiger partial charge in [0.05, 0.1) is 25.3 Å². The Kier molecular flexibility index (Phi) is 4.80. The zero-order chi connectivity index (χ0) is 15.4. The molecular formula is C15H18N2O3S. The van der Waals surface area contributed by atoms with Crippen LogP contribution in [0.25, 0.3) is 0 Å². The van der Waals surface area contributed by atoms with Crippen LogP contribution in [-0.4, -0.2) is 24.8 Å². The van der Waals surface area contributed by atoms with E-state index in [0.29, 0.717) is 23.0 Å². The SMILES string of the molecule is CCOC(=O)C1=C(C)NC(=S)NC1c1cccc(OC)c1. The summed E-state index contributed by atoms with van der Waals surface area (Å²) in [6.07, 6.45) is 0. The number of esters is 1. The number of nitrogens with one attached hydrogen (secondary N) is 2. The average Bonchev–Trinajstić information content (AvgIpc) is 2.46. The molecule has 1 aliphatic heterocycles. The van der Waals surface area contributed by atoms with Crippen molar-refractivity contribution in [3.63, 3.8) is 0 Å². The van der Waals surface area contributed by atoms with Crippen LogP contribution >= 0.6 is 12.2 Å². The highest BCUT2D eigenvalue weighted by molar-refractivity contribution is 7.80. The number of carbonyl (C=O) groups excluding carboxylic acids is 1. The largest absolute Gasteiger partial charge is 0.497 e. The first-order chi connectivity index (χ1) is 10.1. The Morgan fingerprint density at radius 1 is 1.43 bits per heavy atom. The molecule has 0 radical (unpaired) electrons. The fourth-order valence-corrected chi connectivity index (χ4v) is 2.52. The molecule has 6 heteroatoms. The van der Waals surface area contributed by atoms with Crippen molar-refractivity contribution in [1.82, 2.24) is 10.6 Å². The van der Waals surface area contributed by atoms with Crippen LogP contribution in [0.5, 0.6) is 5.75 Å². The van der Waals surface area contributed by atoms with Gasteiger partial charge in [0.1, 0.15) is 5.75 Å². The maximum atomic E-state index is 12.2. The number of allylic oxidation sites excluding steroid dienone is 1. The highest BCUT2D eigenvalue weighted by Gasteiger charge is 2.30. The summed E-state index contributed by atoms with van der Waals surface area (Å²) in [6, 6.07) is 7.16. The van der Waals surface area contributed by atoms with E-state index in [4.69, 9.17) is 21.7 Å². The van der Waals surface area contributed by atoms with Crippen LogP contribution in [0.15, 0.2) is 35.5 Å². The number of rotatable bonds is 4. The second-order valence-electron chi connectivity index (χ2n) is 4.57. The number of hydrogen-bond acceptors (Lipinski definition) is 4. The number of hydrogen-bond donors (Lipinski definition) is 2. The number of ether oxygens (including phenoxy) is 2. The Morgan fingerprint density at radius 2 is 2.19 bits per heavy atom. The standard InChI is InChI=1S/C15H18N2O3S/c1-4-20-14(18)12-9(2)16-15(21)17-13(12)10-6-5-7-11(8-10)19-3/h5-8,13H,4H2,1-3H3,(H2,16,17,21). The van der Waals surface area contributed by atoms with Crippen molar-refractivity contribution in [3.8, 4) is 5.75 Å². The summed E-state index contributed by atoms with van der Waals surface area (Å²) in [4.78, 5) is 12.2. The first-order valence-corrected chi connectivity index (χ1v) is 7.07. The maximum Gasteiger partial charge on any atom is 0.338 e. The van der Waals surface area contributed by atoms with E-state index in [1.54, 1.807) is 14.0 Å². The van der Waals surface area contributed by atoms with Gasteiger partial charge in [-0.15, -0.1) is 0 Å². The fourth-order valence-electron chi connectivity index (χ4n) is 2.24. The van der Waals surface area contributed by atoms with Crippen molar-refractivity contribution in [3.05, 3.63) is 41.1 Å². The lowest BCUT2D eigenvalue weighted by Crippen LogP contribution is -2.45. The van der Waals surface area contributed by atoms with Crippen molar-refractivity contribution in [2.75, 3.05) is 13.7 Å². The van der Waals surface area contributed by atoms with Gasteiger partial charge >= 0.3 is 5.97 Å². The molecule has 112 valence electrons. The van der Waals surface area contributed by atoms with Crippen LogP contribution in [0.3, 0.4) is 0 Å². The highest BCUT2D eigenvalue weighted by Crippen LogP contribution is 2.29. The van der Waals surface area contributed by atoms with Crippen LogP contribution < -0.4 is 15.4 Å². The molecule has 2 N–H and O–H groups in total. The quantitative estimate of drug-likeness (QED) is 0.656. The third kappa shape index (κ3) is 3.33. The summed E-state index contributed by atoms with van der Waals surface area (Å²) in [5, 5.41) is 6.55. The first kappa shape index (κ1) is 15.3. The molecule has 1 aromatic carbocycles. The van der Waals surface area contributed by atoms with E-state index < -0.39 is 0 Å². The van der Waals surface area contributed by atoms with Crippen LogP contribution in [-0.2, 0) is 9.53 Å². The summed E-state index contributed by atoms with van der Waals surface area (Å²) in [6.45, 7) is 3.92. The molecule has 1 unspecified atom stereocenters. The molecule has 1 aliphatic rings. The van der Waals surface area contributed by atoms with Gasteiger partial charge in [-0.05, 0) is 43.8 Å². The Balaban J connectivity index is 2.44. The van der Waals surface area contributed by atoms with Crippen LogP contribution in [0, 0.1) is 0 Å². The van der Waals surface area contributed by atoms with E-state index in [-0.39, 0.29) is 12.0 Å². The molecule has 1 heterocycles. The third-order valence-corrected chi connectivity index (χ3v) is 3.41. The summed E-state index contributed by atoms with van der Waals surface area (Å²) in [7, 11) is 1.60. The Morgan fingerprint density at radius 3 is 2.86 bits per heavy atom. The van der Waals surface area contributed by atoms with Gasteiger partial charge in [-0.2, -0.15) is 0 Å². The molecule has 0 aliphatic carbocycles. The van der Waals surface area contributed by atoms with E-state index in [2.05, 4.69) is 10.6 Å². The second kappa shape index (κ2) is 6.58. The molecule has 5 nitrogen and oxygen atoms in total. The Labute approximate surface area is 129 Å². The van der Waals surface area contributed by atoms with Gasteiger partial charge in [-0.3, -0.25) is 0 Å². The Hall–Kier alpha value is -2.08. The van der Waals surface area contributed by atoms with Crippen molar-refractivity contribution < 1.29 is 14.3 Å². The molecular weight excluding hydrogens is 288 g/mol. The summed E-state index contributed by atoms with van der Waals surface area (Å²) in [5.41, 5.74) is 2.12. The van der Waals surface area contributed by atoms with E-state index in [9.17, 15) is 4.79 Å². The Bertz CT molecular complexity index is 598. The van der Waals surface area contributed by atoms with Gasteiger partial charge in [0.25, 0.3) is 0 Å². The van der Waals surface area contributed by atoms with Crippen LogP contribution in [0.2, 0.25) is 0 Å². The van der Waals surface area contributed by atoms with Gasteiger partial charge in [-0.25, -0.2) is 4.79 Å². The van der Waals surface area contributed by atoms with Gasteiger partial charge < -0.3 is 20.1 Å². The normalized spacial score (nSPS) is 17.9. The monoisotopic (exact) mass is 306 g/mol. The summed E-state index contributed by atoms with van der Waals surface area (Å²) < 4.78 is 10.4. The molecule has 1 atom stereocenters. The minimum absolute atomic E-state index is 0.324. The zero-order valence-corrected chi connectivity index (χ0v) is 13.0. The maximum absolute atomic E-state index is 12.2. The third-order valence-electron chi connectivity index (χ3n) is 3.19. The van der Waals surface area contributed by atoms with E-state index in [1.165, 1.54) is 0 Å². The lowest BCUT2D eigenvalue weighted by molar-refractivity contribution is -0.139. The van der Waals surface area contributed by atoms with Crippen molar-refractivity contribution in [1.29, 1.82) is 0 Å². The molecule has 0 bridgehead atoms. The van der Waals surface area contributed by atoms with Crippen LogP contribution in [0.1, 0.15) is 25.5 Å². The van der Waals surface area contributed by atoms with Crippen molar-refractivity contribution >= 4 is 23.3 Å². The van der Waals surface area contributed by atoms with E-state index >= 15 is 0 Å². The van der Waals surface area contributed by atoms with Gasteiger partial charge in [0, 0.05) is 5.70 Å². The summed E-state index contributed by atoms with van der Waals surface area (Å²) >= 11 is 5.19. The smallest absolute Gasteiger partial charge is 0.338 e. The fraction of sp³-hybridized carbons (Fsp3) is 0.333. The zero-order valence-electron chi connectivity index (χ0n) is 12.2. The lowest BCUT2D eigenvalue weighted by atomic mass is 9.95. The molecule has 0 fully saturated rings. The van der Waals surface area contributed by atoms with Crippen molar-refractivity contribution in [2.45, 2.75) is 19.9 Å². The minimum Gasteiger partial charge on any atom is -0.497 e. The number of carbonyl (C=O) groups is 1. The predicted molar refractivity (Wildman–Crippen MR) is 83.9 cm³/mol. The van der Waals surface area contributed by atoms with E-state index in [1.807, 2.05) is 31.2 Å². The minimum atomic E-state index is -0.356. The number of benzene rings is 1. The average molecular weight is 306 g/mol. The van der Waals surface area contributed by atoms with Gasteiger partial charge in [0.2, 0.25) is 0 Å². The van der Waals surface area contributed by atoms with Gasteiger partial charge in [-0.1, -0.05) is 12.1 Å². The summed E-state index contributed by atoms with van der Waals surface area (Å²) in [5.74, 6) is 0.366. The molecule has 2 rings (SSSR count). The predicted octanol–water partition coefficient (Wildman–Crippen LogP) is 2.05.